The molecule has 0 bridgehead atoms. The summed E-state index contributed by atoms with van der Waals surface area (Å²) in [6, 6.07) is 10.4. The molecule has 2 nitrogen and oxygen atoms in total. The van der Waals surface area contributed by atoms with E-state index in [1.807, 2.05) is 26.8 Å². The average Bonchev–Trinajstić information content (AvgIpc) is 3.48. The highest BCUT2D eigenvalue weighted by molar-refractivity contribution is 5.54. The summed E-state index contributed by atoms with van der Waals surface area (Å²) < 4.78 is 0. The topological polar surface area (TPSA) is 6.48 Å². The van der Waals surface area contributed by atoms with Crippen molar-refractivity contribution < 1.29 is 0 Å². The Morgan fingerprint density at radius 2 is 1.39 bits per heavy atom. The van der Waals surface area contributed by atoms with E-state index in [2.05, 4.69) is 85.5 Å². The minimum Gasteiger partial charge on any atom is -0.372 e. The molecule has 2 aliphatic rings. The lowest BCUT2D eigenvalue weighted by Crippen LogP contribution is -2.18. The number of hydrogen-bond donors (Lipinski definition) is 0. The summed E-state index contributed by atoms with van der Waals surface area (Å²) in [4.78, 5) is 4.74. The molecule has 0 spiro atoms. The Morgan fingerprint density at radius 3 is 1.87 bits per heavy atom. The Balaban J connectivity index is 0.000000508. The van der Waals surface area contributed by atoms with Crippen LogP contribution in [-0.2, 0) is 0 Å². The molecular weight excluding hydrogens is 376 g/mol. The van der Waals surface area contributed by atoms with Crippen LogP contribution in [0.2, 0.25) is 0 Å². The van der Waals surface area contributed by atoms with Gasteiger partial charge in [-0.1, -0.05) is 86.7 Å². The lowest BCUT2D eigenvalue weighted by Gasteiger charge is -2.21. The molecule has 2 saturated heterocycles. The zero-order valence-corrected chi connectivity index (χ0v) is 20.7. The van der Waals surface area contributed by atoms with Crippen molar-refractivity contribution in [2.45, 2.75) is 53.4 Å². The van der Waals surface area contributed by atoms with Gasteiger partial charge in [-0.05, 0) is 76.9 Å². The molecule has 2 heteroatoms. The Morgan fingerprint density at radius 1 is 0.839 bits per heavy atom. The fourth-order valence-corrected chi connectivity index (χ4v) is 3.60. The minimum absolute atomic E-state index is 1.05. The monoisotopic (exact) mass is 420 g/mol. The number of nitrogens with zero attached hydrogens (tertiary/aromatic N) is 2. The second kappa shape index (κ2) is 15.5. The molecule has 0 amide bonds. The lowest BCUT2D eigenvalue weighted by molar-refractivity contribution is 0.418. The third-order valence-electron chi connectivity index (χ3n) is 5.27. The van der Waals surface area contributed by atoms with Crippen molar-refractivity contribution in [1.29, 1.82) is 0 Å². The molecule has 0 saturated carbocycles. The fraction of sp³-hybridized carbons (Fsp3) is 0.448. The van der Waals surface area contributed by atoms with Gasteiger partial charge in [-0.15, -0.1) is 0 Å². The molecule has 31 heavy (non-hydrogen) atoms. The zero-order chi connectivity index (χ0) is 23.1. The number of rotatable bonds is 6. The van der Waals surface area contributed by atoms with Crippen LogP contribution in [0.5, 0.6) is 0 Å². The van der Waals surface area contributed by atoms with Crippen LogP contribution in [0.1, 0.15) is 58.9 Å². The van der Waals surface area contributed by atoms with E-state index in [9.17, 15) is 0 Å². The van der Waals surface area contributed by atoms with Crippen molar-refractivity contribution in [2.75, 3.05) is 33.2 Å². The summed E-state index contributed by atoms with van der Waals surface area (Å²) in [5.74, 6) is 0. The summed E-state index contributed by atoms with van der Waals surface area (Å²) in [5, 5.41) is 0. The van der Waals surface area contributed by atoms with Gasteiger partial charge in [0.05, 0.1) is 0 Å². The highest BCUT2D eigenvalue weighted by Gasteiger charge is 2.15. The number of benzene rings is 1. The van der Waals surface area contributed by atoms with Crippen LogP contribution in [0, 0.1) is 0 Å². The number of likely N-dealkylation sites (tertiary alicyclic amines) is 2. The largest absolute Gasteiger partial charge is 0.372 e. The standard InChI is InChI=1S/C22H27N.C5H11N.C2H6/c1-18(2)16-22(20(4)23-14-8-9-15-23)17-19(3)12-13-21-10-6-5-7-11-21;1-6-4-2-3-5-6;1-2/h5-7,10-13,16-17H,1,4,8-9,14-15H2,2-3H3;2-5H2,1H3;1-2H3/b13-12+,19-17+,22-16+;;. The third-order valence-corrected chi connectivity index (χ3v) is 5.27. The maximum absolute atomic E-state index is 4.31. The molecule has 0 atom stereocenters. The fourth-order valence-electron chi connectivity index (χ4n) is 3.60. The lowest BCUT2D eigenvalue weighted by atomic mass is 10.1. The molecule has 2 heterocycles. The molecule has 0 aliphatic carbocycles. The summed E-state index contributed by atoms with van der Waals surface area (Å²) >= 11 is 0. The molecule has 3 rings (SSSR count). The quantitative estimate of drug-likeness (QED) is 0.440. The molecule has 2 aliphatic heterocycles. The first-order chi connectivity index (χ1) is 15.0. The first kappa shape index (κ1) is 26.7. The van der Waals surface area contributed by atoms with Crippen molar-refractivity contribution in [1.82, 2.24) is 9.80 Å². The normalized spacial score (nSPS) is 17.1. The average molecular weight is 421 g/mol. The Hall–Kier alpha value is -2.32. The molecule has 1 aromatic carbocycles. The second-order valence-corrected chi connectivity index (χ2v) is 8.23. The predicted molar refractivity (Wildman–Crippen MR) is 140 cm³/mol. The van der Waals surface area contributed by atoms with E-state index < -0.39 is 0 Å². The molecule has 0 aromatic heterocycles. The molecule has 2 fully saturated rings. The zero-order valence-electron chi connectivity index (χ0n) is 20.7. The van der Waals surface area contributed by atoms with E-state index in [-0.39, 0.29) is 0 Å². The van der Waals surface area contributed by atoms with Gasteiger partial charge < -0.3 is 9.80 Å². The molecule has 1 aromatic rings. The van der Waals surface area contributed by atoms with Gasteiger partial charge in [0, 0.05) is 18.8 Å². The smallest absolute Gasteiger partial charge is 0.0366 e. The summed E-state index contributed by atoms with van der Waals surface area (Å²) in [7, 11) is 2.17. The van der Waals surface area contributed by atoms with Gasteiger partial charge in [-0.25, -0.2) is 0 Å². The third kappa shape index (κ3) is 11.0. The van der Waals surface area contributed by atoms with E-state index in [1.165, 1.54) is 49.9 Å². The minimum atomic E-state index is 1.05. The molecule has 0 radical (unpaired) electrons. The van der Waals surface area contributed by atoms with Crippen LogP contribution >= 0.6 is 0 Å². The van der Waals surface area contributed by atoms with E-state index in [1.54, 1.807) is 0 Å². The maximum atomic E-state index is 4.31. The van der Waals surface area contributed by atoms with Crippen LogP contribution < -0.4 is 0 Å². The maximum Gasteiger partial charge on any atom is 0.0366 e. The highest BCUT2D eigenvalue weighted by Crippen LogP contribution is 2.23. The van der Waals surface area contributed by atoms with Crippen LogP contribution in [0.3, 0.4) is 0 Å². The number of allylic oxidation sites excluding steroid dienone is 5. The molecule has 0 unspecified atom stereocenters. The van der Waals surface area contributed by atoms with Gasteiger partial charge in [-0.2, -0.15) is 0 Å². The Labute approximate surface area is 192 Å². The van der Waals surface area contributed by atoms with Crippen LogP contribution in [0.15, 0.2) is 84.1 Å². The SMILES string of the molecule is C=C(C)\C=C(/C=C(C)/C=C/c1ccccc1)C(=C)N1CCCC1.CC.CN1CCCC1. The molecule has 0 N–H and O–H groups in total. The Kier molecular flexibility index (Phi) is 13.3. The van der Waals surface area contributed by atoms with Crippen LogP contribution in [0.25, 0.3) is 6.08 Å². The summed E-state index contributed by atoms with van der Waals surface area (Å²) in [5.41, 5.74) is 5.75. The predicted octanol–water partition coefficient (Wildman–Crippen LogP) is 7.50. The second-order valence-electron chi connectivity index (χ2n) is 8.23. The first-order valence-electron chi connectivity index (χ1n) is 11.9. The summed E-state index contributed by atoms with van der Waals surface area (Å²) in [6.07, 6.45) is 14.0. The van der Waals surface area contributed by atoms with Gasteiger partial charge in [-0.3, -0.25) is 0 Å². The van der Waals surface area contributed by atoms with Crippen molar-refractivity contribution in [3.63, 3.8) is 0 Å². The molecule has 170 valence electrons. The van der Waals surface area contributed by atoms with Crippen LogP contribution in [-0.4, -0.2) is 43.0 Å². The summed E-state index contributed by atoms with van der Waals surface area (Å²) in [6.45, 7) is 21.3. The van der Waals surface area contributed by atoms with Gasteiger partial charge >= 0.3 is 0 Å². The van der Waals surface area contributed by atoms with Crippen molar-refractivity contribution >= 4 is 6.08 Å². The van der Waals surface area contributed by atoms with Gasteiger partial charge in [0.1, 0.15) is 0 Å². The van der Waals surface area contributed by atoms with E-state index >= 15 is 0 Å². The van der Waals surface area contributed by atoms with Crippen molar-refractivity contribution in [3.05, 3.63) is 89.7 Å². The Bertz CT molecular complexity index is 740. The van der Waals surface area contributed by atoms with E-state index in [0.29, 0.717) is 0 Å². The van der Waals surface area contributed by atoms with Gasteiger partial charge in [0.2, 0.25) is 0 Å². The molecular formula is C29H44N2. The first-order valence-corrected chi connectivity index (χ1v) is 11.9. The van der Waals surface area contributed by atoms with E-state index in [0.717, 1.165) is 29.9 Å². The van der Waals surface area contributed by atoms with Crippen molar-refractivity contribution in [2.24, 2.45) is 0 Å². The van der Waals surface area contributed by atoms with Crippen molar-refractivity contribution in [3.8, 4) is 0 Å². The van der Waals surface area contributed by atoms with E-state index in [4.69, 9.17) is 0 Å². The van der Waals surface area contributed by atoms with Gasteiger partial charge in [0.15, 0.2) is 0 Å². The highest BCUT2D eigenvalue weighted by atomic mass is 15.1. The van der Waals surface area contributed by atoms with Gasteiger partial charge in [0.25, 0.3) is 0 Å². The van der Waals surface area contributed by atoms with Crippen LogP contribution in [0.4, 0.5) is 0 Å². The number of hydrogen-bond acceptors (Lipinski definition) is 2.